The second-order valence-corrected chi connectivity index (χ2v) is 12.2. The molecule has 0 N–H and O–H groups in total. The standard InChI is InChI=1S/C24H32O4.CH3O5P.3Na/c1-14-12-18-19(22(4)9-6-17(27)13-21(14)22)7-10-23(5)20(18)8-11-24(23,15(2)25)28-16(3)26;2-1(3)7(4,5)6;;;/h12-13,18-20H,6-11H2,1-5H3;(H,2,3)(H2,4,5,6);;;/q;;3*+1/p-3. The van der Waals surface area contributed by atoms with Crippen molar-refractivity contribution >= 4 is 30.8 Å². The molecule has 2 saturated carbocycles. The van der Waals surface area contributed by atoms with Crippen LogP contribution in [-0.4, -0.2) is 28.8 Å². The molecular formula is C25H32Na3O9P. The molecule has 0 aromatic heterocycles. The van der Waals surface area contributed by atoms with Crippen LogP contribution in [-0.2, 0) is 23.7 Å². The predicted molar refractivity (Wildman–Crippen MR) is 119 cm³/mol. The van der Waals surface area contributed by atoms with E-state index in [4.69, 9.17) is 29.0 Å². The van der Waals surface area contributed by atoms with E-state index in [0.717, 1.165) is 25.7 Å². The van der Waals surface area contributed by atoms with E-state index in [1.54, 1.807) is 6.92 Å². The smallest absolute Gasteiger partial charge is 0.807 e. The monoisotopic (exact) mass is 576 g/mol. The Labute approximate surface area is 290 Å². The summed E-state index contributed by atoms with van der Waals surface area (Å²) in [6.45, 7) is 9.63. The second-order valence-electron chi connectivity index (χ2n) is 10.8. The number of fused-ring (bicyclic) bond motifs is 5. The Balaban J connectivity index is 0.00000122. The summed E-state index contributed by atoms with van der Waals surface area (Å²) >= 11 is 0. The largest absolute Gasteiger partial charge is 1.00 e. The number of carboxylic acid groups (broad SMARTS) is 1. The number of carbonyl (C=O) groups excluding carboxylic acids is 4. The molecule has 0 aromatic carbocycles. The van der Waals surface area contributed by atoms with Gasteiger partial charge in [-0.05, 0) is 88.4 Å². The van der Waals surface area contributed by atoms with Crippen LogP contribution >= 0.6 is 7.60 Å². The number of allylic oxidation sites excluding steroid dienone is 4. The summed E-state index contributed by atoms with van der Waals surface area (Å²) in [5.41, 5.74) is -1.41. The first-order valence-corrected chi connectivity index (χ1v) is 13.4. The van der Waals surface area contributed by atoms with Crippen molar-refractivity contribution in [2.24, 2.45) is 28.6 Å². The van der Waals surface area contributed by atoms with E-state index in [9.17, 15) is 14.4 Å². The van der Waals surface area contributed by atoms with Gasteiger partial charge >= 0.3 is 94.6 Å². The molecule has 4 aliphatic carbocycles. The van der Waals surface area contributed by atoms with Gasteiger partial charge in [0.05, 0.1) is 5.71 Å². The van der Waals surface area contributed by atoms with E-state index in [1.165, 1.54) is 18.1 Å². The molecule has 13 heteroatoms. The van der Waals surface area contributed by atoms with Crippen LogP contribution in [0.4, 0.5) is 4.79 Å². The van der Waals surface area contributed by atoms with Gasteiger partial charge in [-0.15, -0.1) is 0 Å². The maximum Gasteiger partial charge on any atom is 1.00 e. The minimum Gasteiger partial charge on any atom is -0.807 e. The van der Waals surface area contributed by atoms with Gasteiger partial charge in [0.25, 0.3) is 0 Å². The summed E-state index contributed by atoms with van der Waals surface area (Å²) < 4.78 is 15.0. The maximum absolute atomic E-state index is 12.8. The van der Waals surface area contributed by atoms with E-state index < -0.39 is 18.9 Å². The fraction of sp³-hybridized carbons (Fsp3) is 0.680. The van der Waals surface area contributed by atoms with Crippen molar-refractivity contribution in [3.8, 4) is 0 Å². The van der Waals surface area contributed by atoms with Crippen LogP contribution in [0.5, 0.6) is 0 Å². The van der Waals surface area contributed by atoms with Crippen molar-refractivity contribution in [2.45, 2.75) is 78.7 Å². The van der Waals surface area contributed by atoms with Crippen molar-refractivity contribution in [1.82, 2.24) is 0 Å². The molecule has 4 aliphatic rings. The van der Waals surface area contributed by atoms with E-state index >= 15 is 0 Å². The maximum atomic E-state index is 12.8. The molecular weight excluding hydrogens is 544 g/mol. The third-order valence-electron chi connectivity index (χ3n) is 9.06. The Bertz CT molecular complexity index is 1080. The van der Waals surface area contributed by atoms with E-state index in [1.807, 2.05) is 6.08 Å². The van der Waals surface area contributed by atoms with Gasteiger partial charge < -0.3 is 29.0 Å². The first-order valence-electron chi connectivity index (χ1n) is 11.9. The van der Waals surface area contributed by atoms with Crippen molar-refractivity contribution < 1.29 is 132 Å². The van der Waals surface area contributed by atoms with Gasteiger partial charge in [0.1, 0.15) is 0 Å². The zero-order valence-electron chi connectivity index (χ0n) is 23.8. The first-order chi connectivity index (χ1) is 16.0. The first kappa shape index (κ1) is 38.9. The van der Waals surface area contributed by atoms with Crippen LogP contribution in [0.3, 0.4) is 0 Å². The number of rotatable bonds is 3. The minimum atomic E-state index is -5.43. The SMILES string of the molecule is CC(=O)OC1(C(C)=O)CCC2C3C=C(C)C4=CC(=O)CCC4(C)C3CCC21C.O=C([O-])P(=O)([O-])[O-].[Na+].[Na+].[Na+]. The molecule has 0 radical (unpaired) electrons. The van der Waals surface area contributed by atoms with Crippen molar-refractivity contribution in [2.75, 3.05) is 0 Å². The molecule has 2 fully saturated rings. The van der Waals surface area contributed by atoms with Gasteiger partial charge in [-0.2, -0.15) is 0 Å². The average Bonchev–Trinajstić information content (AvgIpc) is 3.02. The van der Waals surface area contributed by atoms with E-state index in [2.05, 4.69) is 26.8 Å². The molecule has 0 bridgehead atoms. The Kier molecular flexibility index (Phi) is 14.3. The summed E-state index contributed by atoms with van der Waals surface area (Å²) in [6.07, 6.45) is 9.20. The molecule has 6 unspecified atom stereocenters. The number of hydrogen-bond acceptors (Lipinski definition) is 9. The Morgan fingerprint density at radius 2 is 1.53 bits per heavy atom. The average molecular weight is 576 g/mol. The Morgan fingerprint density at radius 3 is 2.00 bits per heavy atom. The summed E-state index contributed by atoms with van der Waals surface area (Å²) in [5.74, 6) is 1.03. The van der Waals surface area contributed by atoms with Gasteiger partial charge in [0, 0.05) is 18.8 Å². The van der Waals surface area contributed by atoms with Crippen LogP contribution in [0, 0.1) is 28.6 Å². The molecule has 0 amide bonds. The molecule has 38 heavy (non-hydrogen) atoms. The zero-order valence-corrected chi connectivity index (χ0v) is 30.6. The summed E-state index contributed by atoms with van der Waals surface area (Å²) in [4.78, 5) is 64.1. The molecule has 0 saturated heterocycles. The van der Waals surface area contributed by atoms with E-state index in [-0.39, 0.29) is 117 Å². The zero-order chi connectivity index (χ0) is 26.6. The summed E-state index contributed by atoms with van der Waals surface area (Å²) in [7, 11) is -5.43. The molecule has 194 valence electrons. The summed E-state index contributed by atoms with van der Waals surface area (Å²) in [5, 5.41) is 9.02. The number of hydrogen-bond donors (Lipinski definition) is 0. The van der Waals surface area contributed by atoms with Crippen LogP contribution in [0.2, 0.25) is 0 Å². The quantitative estimate of drug-likeness (QED) is 0.180. The van der Waals surface area contributed by atoms with Crippen molar-refractivity contribution in [1.29, 1.82) is 0 Å². The molecule has 0 aromatic rings. The minimum absolute atomic E-state index is 0. The van der Waals surface area contributed by atoms with Gasteiger partial charge in [-0.3, -0.25) is 14.4 Å². The third-order valence-corrected chi connectivity index (χ3v) is 9.51. The molecule has 0 aliphatic heterocycles. The van der Waals surface area contributed by atoms with Gasteiger partial charge in [0.2, 0.25) is 0 Å². The third kappa shape index (κ3) is 6.92. The Hall–Kier alpha value is 0.910. The van der Waals surface area contributed by atoms with Gasteiger partial charge in [-0.1, -0.05) is 25.5 Å². The van der Waals surface area contributed by atoms with Crippen LogP contribution in [0.15, 0.2) is 23.3 Å². The van der Waals surface area contributed by atoms with E-state index in [0.29, 0.717) is 30.6 Å². The molecule has 6 atom stereocenters. The Morgan fingerprint density at radius 1 is 1.00 bits per heavy atom. The number of Topliss-reactive ketones (excluding diaryl/α,β-unsaturated/α-hetero) is 1. The number of esters is 1. The predicted octanol–water partition coefficient (Wildman–Crippen LogP) is -7.17. The van der Waals surface area contributed by atoms with Crippen LogP contribution in [0.25, 0.3) is 0 Å². The molecule has 4 rings (SSSR count). The summed E-state index contributed by atoms with van der Waals surface area (Å²) in [6, 6.07) is 0. The van der Waals surface area contributed by atoms with Crippen LogP contribution in [0.1, 0.15) is 73.1 Å². The van der Waals surface area contributed by atoms with Crippen LogP contribution < -0.4 is 104 Å². The molecule has 9 nitrogen and oxygen atoms in total. The molecule has 0 heterocycles. The number of ether oxygens (including phenoxy) is 1. The fourth-order valence-corrected chi connectivity index (χ4v) is 7.48. The normalized spacial score (nSPS) is 34.9. The molecule has 0 spiro atoms. The van der Waals surface area contributed by atoms with Gasteiger partial charge in [-0.25, -0.2) is 0 Å². The number of carbonyl (C=O) groups is 4. The second kappa shape index (κ2) is 13.9. The fourth-order valence-electron chi connectivity index (χ4n) is 7.48. The van der Waals surface area contributed by atoms with Crippen molar-refractivity contribution in [3.63, 3.8) is 0 Å². The topological polar surface area (TPSA) is 164 Å². The number of ketones is 2. The van der Waals surface area contributed by atoms with Crippen molar-refractivity contribution in [3.05, 3.63) is 23.3 Å². The van der Waals surface area contributed by atoms with Gasteiger partial charge in [0.15, 0.2) is 17.2 Å².